The highest BCUT2D eigenvalue weighted by Crippen LogP contribution is 2.08. The molecule has 1 unspecified atom stereocenters. The summed E-state index contributed by atoms with van der Waals surface area (Å²) in [6.07, 6.45) is 0.990. The first-order valence-corrected chi connectivity index (χ1v) is 12.4. The maximum absolute atomic E-state index is 11.5. The third kappa shape index (κ3) is 9.14. The van der Waals surface area contributed by atoms with E-state index in [1.165, 1.54) is 5.56 Å². The zero-order chi connectivity index (χ0) is 21.1. The van der Waals surface area contributed by atoms with Gasteiger partial charge >= 0.3 is 0 Å². The fourth-order valence-corrected chi connectivity index (χ4v) is 4.54. The number of aliphatic imine (C=N–C) groups is 1. The summed E-state index contributed by atoms with van der Waals surface area (Å²) < 4.78 is 23.0. The molecule has 1 aliphatic heterocycles. The van der Waals surface area contributed by atoms with Crippen molar-refractivity contribution in [3.63, 3.8) is 0 Å². The van der Waals surface area contributed by atoms with Gasteiger partial charge in [0.15, 0.2) is 15.8 Å². The predicted octanol–water partition coefficient (Wildman–Crippen LogP) is 1.18. The number of hydrogen-bond donors (Lipinski definition) is 2. The second-order valence-electron chi connectivity index (χ2n) is 7.72. The molecule has 1 fully saturated rings. The molecule has 0 amide bonds. The Morgan fingerprint density at radius 3 is 2.55 bits per heavy atom. The van der Waals surface area contributed by atoms with Crippen LogP contribution in [0.5, 0.6) is 0 Å². The van der Waals surface area contributed by atoms with E-state index in [-0.39, 0.29) is 11.5 Å². The maximum atomic E-state index is 11.5. The van der Waals surface area contributed by atoms with Crippen molar-refractivity contribution in [1.29, 1.82) is 0 Å². The molecule has 0 aliphatic carbocycles. The molecule has 1 aliphatic rings. The largest absolute Gasteiger partial charge is 0.357 e. The van der Waals surface area contributed by atoms with Crippen LogP contribution in [0.3, 0.4) is 0 Å². The van der Waals surface area contributed by atoms with Crippen LogP contribution < -0.4 is 10.6 Å². The second-order valence-corrected chi connectivity index (χ2v) is 10.0. The average molecular weight is 424 g/mol. The Kier molecular flexibility index (Phi) is 9.90. The van der Waals surface area contributed by atoms with E-state index >= 15 is 0 Å². The maximum Gasteiger partial charge on any atom is 0.191 e. The molecule has 1 heterocycles. The molecule has 0 aromatic heterocycles. The Balaban J connectivity index is 1.70. The van der Waals surface area contributed by atoms with Crippen LogP contribution in [-0.2, 0) is 16.4 Å². The molecule has 1 atom stereocenters. The van der Waals surface area contributed by atoms with Crippen molar-refractivity contribution in [3.8, 4) is 0 Å². The number of sulfone groups is 1. The summed E-state index contributed by atoms with van der Waals surface area (Å²) in [4.78, 5) is 9.25. The van der Waals surface area contributed by atoms with Gasteiger partial charge in [-0.25, -0.2) is 8.42 Å². The van der Waals surface area contributed by atoms with Gasteiger partial charge in [-0.3, -0.25) is 14.8 Å². The number of hydrogen-bond acceptors (Lipinski definition) is 5. The Hall–Kier alpha value is -1.64. The fourth-order valence-electron chi connectivity index (χ4n) is 3.26. The summed E-state index contributed by atoms with van der Waals surface area (Å²) in [5.41, 5.74) is 1.32. The minimum Gasteiger partial charge on any atom is -0.357 e. The predicted molar refractivity (Wildman–Crippen MR) is 121 cm³/mol. The monoisotopic (exact) mass is 423 g/mol. The van der Waals surface area contributed by atoms with Crippen LogP contribution in [0, 0.1) is 0 Å². The minimum atomic E-state index is -2.82. The van der Waals surface area contributed by atoms with Crippen LogP contribution in [-0.4, -0.2) is 88.0 Å². The zero-order valence-electron chi connectivity index (χ0n) is 18.1. The summed E-state index contributed by atoms with van der Waals surface area (Å²) in [5, 5.41) is 6.65. The van der Waals surface area contributed by atoms with Gasteiger partial charge in [0.2, 0.25) is 0 Å². The lowest BCUT2D eigenvalue weighted by Gasteiger charge is -2.26. The fraction of sp³-hybridized carbons (Fsp3) is 0.667. The van der Waals surface area contributed by atoms with Gasteiger partial charge in [-0.1, -0.05) is 30.3 Å². The third-order valence-corrected chi connectivity index (χ3v) is 6.95. The van der Waals surface area contributed by atoms with Crippen LogP contribution in [0.15, 0.2) is 35.3 Å². The van der Waals surface area contributed by atoms with E-state index in [1.54, 1.807) is 0 Å². The first kappa shape index (κ1) is 23.6. The molecule has 0 bridgehead atoms. The standard InChI is InChI=1S/C21H37N5O2S/c1-4-22-21(24-12-13-26-14-16-29(27,28)17-15-26)23-11-10-19(2)25(3)18-20-8-6-5-7-9-20/h5-9,19H,4,10-18H2,1-3H3,(H2,22,23,24). The van der Waals surface area contributed by atoms with Gasteiger partial charge in [-0.15, -0.1) is 0 Å². The highest BCUT2D eigenvalue weighted by Gasteiger charge is 2.20. The average Bonchev–Trinajstić information content (AvgIpc) is 2.70. The molecule has 0 spiro atoms. The molecule has 1 aromatic carbocycles. The van der Waals surface area contributed by atoms with Gasteiger partial charge in [0.1, 0.15) is 0 Å². The zero-order valence-corrected chi connectivity index (χ0v) is 18.9. The topological polar surface area (TPSA) is 77.0 Å². The van der Waals surface area contributed by atoms with Crippen molar-refractivity contribution < 1.29 is 8.42 Å². The van der Waals surface area contributed by atoms with E-state index in [0.717, 1.165) is 45.1 Å². The van der Waals surface area contributed by atoms with E-state index < -0.39 is 9.84 Å². The molecule has 1 saturated heterocycles. The quantitative estimate of drug-likeness (QED) is 0.435. The number of guanidine groups is 1. The van der Waals surface area contributed by atoms with Crippen molar-refractivity contribution in [2.45, 2.75) is 32.9 Å². The van der Waals surface area contributed by atoms with Gasteiger partial charge in [0.25, 0.3) is 0 Å². The first-order chi connectivity index (χ1) is 13.9. The highest BCUT2D eigenvalue weighted by atomic mass is 32.2. The molecule has 0 saturated carbocycles. The third-order valence-electron chi connectivity index (χ3n) is 5.35. The van der Waals surface area contributed by atoms with Gasteiger partial charge in [0.05, 0.1) is 11.5 Å². The Morgan fingerprint density at radius 1 is 1.21 bits per heavy atom. The molecular formula is C21H37N5O2S. The van der Waals surface area contributed by atoms with Crippen LogP contribution in [0.4, 0.5) is 0 Å². The summed E-state index contributed by atoms with van der Waals surface area (Å²) in [6.45, 7) is 9.66. The Morgan fingerprint density at radius 2 is 1.90 bits per heavy atom. The van der Waals surface area contributed by atoms with Crippen molar-refractivity contribution in [2.24, 2.45) is 4.99 Å². The van der Waals surface area contributed by atoms with E-state index in [0.29, 0.717) is 19.1 Å². The lowest BCUT2D eigenvalue weighted by atomic mass is 10.1. The van der Waals surface area contributed by atoms with E-state index in [2.05, 4.69) is 65.6 Å². The van der Waals surface area contributed by atoms with Gasteiger partial charge < -0.3 is 10.6 Å². The second kappa shape index (κ2) is 12.1. The summed E-state index contributed by atoms with van der Waals surface area (Å²) >= 11 is 0. The molecule has 0 radical (unpaired) electrons. The van der Waals surface area contributed by atoms with E-state index in [9.17, 15) is 8.42 Å². The Bertz CT molecular complexity index is 710. The number of nitrogens with one attached hydrogen (secondary N) is 2. The number of rotatable bonds is 10. The van der Waals surface area contributed by atoms with Crippen LogP contribution in [0.25, 0.3) is 0 Å². The van der Waals surface area contributed by atoms with Crippen molar-refractivity contribution >= 4 is 15.8 Å². The SMILES string of the molecule is CCNC(=NCCC(C)N(C)Cc1ccccc1)NCCN1CCS(=O)(=O)CC1. The van der Waals surface area contributed by atoms with Crippen LogP contribution in [0.2, 0.25) is 0 Å². The molecule has 2 N–H and O–H groups in total. The summed E-state index contributed by atoms with van der Waals surface area (Å²) in [7, 11) is -0.659. The minimum absolute atomic E-state index is 0.273. The lowest BCUT2D eigenvalue weighted by molar-refractivity contribution is 0.240. The van der Waals surface area contributed by atoms with E-state index in [4.69, 9.17) is 4.99 Å². The molecular weight excluding hydrogens is 386 g/mol. The molecule has 7 nitrogen and oxygen atoms in total. The smallest absolute Gasteiger partial charge is 0.191 e. The van der Waals surface area contributed by atoms with Crippen molar-refractivity contribution in [2.75, 3.05) is 57.8 Å². The molecule has 29 heavy (non-hydrogen) atoms. The normalized spacial score (nSPS) is 18.6. The highest BCUT2D eigenvalue weighted by molar-refractivity contribution is 7.91. The van der Waals surface area contributed by atoms with Gasteiger partial charge in [-0.05, 0) is 32.9 Å². The summed E-state index contributed by atoms with van der Waals surface area (Å²) in [6, 6.07) is 11.0. The first-order valence-electron chi connectivity index (χ1n) is 10.6. The molecule has 2 rings (SSSR count). The van der Waals surface area contributed by atoms with Crippen molar-refractivity contribution in [1.82, 2.24) is 20.4 Å². The molecule has 8 heteroatoms. The van der Waals surface area contributed by atoms with Gasteiger partial charge in [-0.2, -0.15) is 0 Å². The van der Waals surface area contributed by atoms with Crippen molar-refractivity contribution in [3.05, 3.63) is 35.9 Å². The lowest BCUT2D eigenvalue weighted by Crippen LogP contribution is -2.46. The number of benzene rings is 1. The summed E-state index contributed by atoms with van der Waals surface area (Å²) in [5.74, 6) is 1.38. The molecule has 164 valence electrons. The molecule has 1 aromatic rings. The van der Waals surface area contributed by atoms with E-state index in [1.807, 2.05) is 6.07 Å². The van der Waals surface area contributed by atoms with Gasteiger partial charge in [0, 0.05) is 51.9 Å². The van der Waals surface area contributed by atoms with Crippen LogP contribution >= 0.6 is 0 Å². The Labute approximate surface area is 176 Å². The van der Waals surface area contributed by atoms with Crippen LogP contribution in [0.1, 0.15) is 25.8 Å². The number of nitrogens with zero attached hydrogens (tertiary/aromatic N) is 3.